The van der Waals surface area contributed by atoms with E-state index >= 15 is 0 Å². The number of aromatic nitrogens is 1. The molecule has 3 atom stereocenters. The molecule has 0 aromatic carbocycles. The van der Waals surface area contributed by atoms with Crippen LogP contribution in [0.4, 0.5) is 4.79 Å². The minimum atomic E-state index is -4.54. The van der Waals surface area contributed by atoms with Gasteiger partial charge < -0.3 is 14.5 Å². The number of nitrogens with zero attached hydrogens (tertiary/aromatic N) is 5. The molecule has 2 aliphatic heterocycles. The molecule has 194 valence electrons. The maximum atomic E-state index is 13.7. The second kappa shape index (κ2) is 9.00. The Balaban J connectivity index is 1.72. The molecule has 1 aromatic heterocycles. The third-order valence-corrected chi connectivity index (χ3v) is 9.47. The van der Waals surface area contributed by atoms with E-state index in [1.807, 2.05) is 7.05 Å². The molecule has 4 rings (SSSR count). The van der Waals surface area contributed by atoms with Gasteiger partial charge >= 0.3 is 16.3 Å². The summed E-state index contributed by atoms with van der Waals surface area (Å²) in [7, 11) is 0.729. The summed E-state index contributed by atoms with van der Waals surface area (Å²) in [5, 5.41) is 0.0831. The topological polar surface area (TPSA) is 120 Å². The quantitative estimate of drug-likeness (QED) is 0.570. The van der Waals surface area contributed by atoms with Crippen molar-refractivity contribution in [3.8, 4) is 0 Å². The number of thiazole rings is 1. The zero-order valence-corrected chi connectivity index (χ0v) is 22.6. The first kappa shape index (κ1) is 25.8. The number of ether oxygens (including phenoxy) is 1. The van der Waals surface area contributed by atoms with Crippen molar-refractivity contribution < 1.29 is 27.5 Å². The van der Waals surface area contributed by atoms with Crippen LogP contribution in [0.2, 0.25) is 0 Å². The molecule has 0 spiro atoms. The van der Waals surface area contributed by atoms with Gasteiger partial charge in [0.1, 0.15) is 5.60 Å². The lowest BCUT2D eigenvalue weighted by Gasteiger charge is -2.34. The number of hydrogen-bond donors (Lipinski definition) is 0. The predicted molar refractivity (Wildman–Crippen MR) is 129 cm³/mol. The fourth-order valence-corrected chi connectivity index (χ4v) is 8.03. The van der Waals surface area contributed by atoms with Crippen LogP contribution in [0.15, 0.2) is 0 Å². The Morgan fingerprint density at radius 1 is 1.11 bits per heavy atom. The van der Waals surface area contributed by atoms with Crippen LogP contribution in [-0.4, -0.2) is 95.1 Å². The highest BCUT2D eigenvalue weighted by atomic mass is 32.2. The minimum Gasteiger partial charge on any atom is -0.443 e. The summed E-state index contributed by atoms with van der Waals surface area (Å²) in [6.45, 7) is 6.40. The molecule has 11 nitrogen and oxygen atoms in total. The standard InChI is InChI=1S/C22H33N5O6S2/c1-22(2,3)33-21(30)27-15-8-7-13(19(28)24(4)5)11-16(15)26(35(27,31)32)20(29)18-23-14-9-10-25(6)12-17(14)34-18/h13,15-16H,7-12H2,1-6H3/t13-,15-,16+/m0/s1. The predicted octanol–water partition coefficient (Wildman–Crippen LogP) is 1.69. The summed E-state index contributed by atoms with van der Waals surface area (Å²) in [5.74, 6) is -1.34. The van der Waals surface area contributed by atoms with E-state index in [0.29, 0.717) is 23.7 Å². The van der Waals surface area contributed by atoms with Crippen molar-refractivity contribution in [3.63, 3.8) is 0 Å². The molecule has 0 N–H and O–H groups in total. The maximum absolute atomic E-state index is 13.7. The van der Waals surface area contributed by atoms with Gasteiger partial charge in [-0.3, -0.25) is 9.59 Å². The fraction of sp³-hybridized carbons (Fsp3) is 0.727. The van der Waals surface area contributed by atoms with Crippen LogP contribution in [0, 0.1) is 5.92 Å². The molecule has 0 radical (unpaired) electrons. The number of hydrogen-bond acceptors (Lipinski definition) is 9. The highest BCUT2D eigenvalue weighted by Crippen LogP contribution is 2.42. The third kappa shape index (κ3) is 4.77. The van der Waals surface area contributed by atoms with Crippen molar-refractivity contribution >= 4 is 39.5 Å². The summed E-state index contributed by atoms with van der Waals surface area (Å²) < 4.78 is 34.3. The lowest BCUT2D eigenvalue weighted by molar-refractivity contribution is -0.134. The van der Waals surface area contributed by atoms with Crippen LogP contribution in [0.25, 0.3) is 0 Å². The summed E-state index contributed by atoms with van der Waals surface area (Å²) in [4.78, 5) is 48.4. The molecule has 3 amide bonds. The number of rotatable bonds is 2. The highest BCUT2D eigenvalue weighted by Gasteiger charge is 2.59. The van der Waals surface area contributed by atoms with Crippen molar-refractivity contribution in [2.24, 2.45) is 5.92 Å². The van der Waals surface area contributed by atoms with Gasteiger partial charge in [-0.2, -0.15) is 12.7 Å². The zero-order valence-electron chi connectivity index (χ0n) is 21.0. The van der Waals surface area contributed by atoms with Gasteiger partial charge in [-0.25, -0.2) is 14.1 Å². The van der Waals surface area contributed by atoms with Gasteiger partial charge in [0.05, 0.1) is 17.8 Å². The van der Waals surface area contributed by atoms with E-state index < -0.39 is 45.8 Å². The summed E-state index contributed by atoms with van der Waals surface area (Å²) >= 11 is 1.19. The van der Waals surface area contributed by atoms with Crippen LogP contribution >= 0.6 is 11.3 Å². The van der Waals surface area contributed by atoms with Gasteiger partial charge in [-0.05, 0) is 47.1 Å². The summed E-state index contributed by atoms with van der Waals surface area (Å²) in [5.41, 5.74) is -0.115. The van der Waals surface area contributed by atoms with Crippen molar-refractivity contribution in [2.75, 3.05) is 27.7 Å². The Labute approximate surface area is 210 Å². The molecule has 1 aromatic rings. The lowest BCUT2D eigenvalue weighted by atomic mass is 9.81. The van der Waals surface area contributed by atoms with E-state index in [2.05, 4.69) is 9.88 Å². The highest BCUT2D eigenvalue weighted by molar-refractivity contribution is 7.88. The van der Waals surface area contributed by atoms with Crippen molar-refractivity contribution in [1.82, 2.24) is 23.4 Å². The smallest absolute Gasteiger partial charge is 0.425 e. The van der Waals surface area contributed by atoms with Gasteiger partial charge in [-0.15, -0.1) is 11.3 Å². The van der Waals surface area contributed by atoms with Crippen LogP contribution in [0.5, 0.6) is 0 Å². The monoisotopic (exact) mass is 527 g/mol. The average Bonchev–Trinajstić information content (AvgIpc) is 3.25. The number of carbonyl (C=O) groups excluding carboxylic acids is 3. The molecular weight excluding hydrogens is 494 g/mol. The largest absolute Gasteiger partial charge is 0.443 e. The number of amides is 3. The molecule has 2 fully saturated rings. The Bertz CT molecular complexity index is 1140. The summed E-state index contributed by atoms with van der Waals surface area (Å²) in [6.07, 6.45) is 0.473. The van der Waals surface area contributed by atoms with Gasteiger partial charge in [0.2, 0.25) is 5.91 Å². The van der Waals surface area contributed by atoms with Crippen LogP contribution in [0.3, 0.4) is 0 Å². The van der Waals surface area contributed by atoms with E-state index in [1.165, 1.54) is 16.2 Å². The molecule has 1 aliphatic carbocycles. The SMILES string of the molecule is CN1CCc2nc(C(=O)N3[C@@H]4C[C@@H](C(=O)N(C)C)CC[C@@H]4N(C(=O)OC(C)(C)C)S3(=O)=O)sc2C1. The van der Waals surface area contributed by atoms with E-state index in [9.17, 15) is 22.8 Å². The first-order valence-electron chi connectivity index (χ1n) is 11.7. The van der Waals surface area contributed by atoms with Crippen LogP contribution < -0.4 is 0 Å². The Morgan fingerprint density at radius 3 is 2.43 bits per heavy atom. The van der Waals surface area contributed by atoms with Gasteiger partial charge in [0, 0.05) is 44.4 Å². The molecule has 1 saturated heterocycles. The Morgan fingerprint density at radius 2 is 1.80 bits per heavy atom. The van der Waals surface area contributed by atoms with Crippen LogP contribution in [-0.2, 0) is 32.7 Å². The van der Waals surface area contributed by atoms with E-state index in [1.54, 1.807) is 34.9 Å². The average molecular weight is 528 g/mol. The molecule has 3 aliphatic rings. The second-order valence-electron chi connectivity index (χ2n) is 10.6. The van der Waals surface area contributed by atoms with Crippen molar-refractivity contribution in [1.29, 1.82) is 0 Å². The number of likely N-dealkylation sites (N-methyl/N-ethyl adjacent to an activating group) is 1. The van der Waals surface area contributed by atoms with Gasteiger partial charge in [0.15, 0.2) is 5.01 Å². The third-order valence-electron chi connectivity index (χ3n) is 6.55. The Hall–Kier alpha value is -2.25. The van der Waals surface area contributed by atoms with Crippen molar-refractivity contribution in [3.05, 3.63) is 15.6 Å². The van der Waals surface area contributed by atoms with E-state index in [0.717, 1.165) is 21.4 Å². The maximum Gasteiger partial charge on any atom is 0.425 e. The number of fused-ring (bicyclic) bond motifs is 2. The van der Waals surface area contributed by atoms with E-state index in [4.69, 9.17) is 4.74 Å². The summed E-state index contributed by atoms with van der Waals surface area (Å²) in [6, 6.07) is -1.67. The number of carbonyl (C=O) groups is 3. The molecule has 0 unspecified atom stereocenters. The van der Waals surface area contributed by atoms with E-state index in [-0.39, 0.29) is 23.8 Å². The lowest BCUT2D eigenvalue weighted by Crippen LogP contribution is -2.48. The minimum absolute atomic E-state index is 0.0831. The second-order valence-corrected chi connectivity index (χ2v) is 13.4. The van der Waals surface area contributed by atoms with Crippen LogP contribution in [0.1, 0.15) is 60.4 Å². The molecule has 13 heteroatoms. The van der Waals surface area contributed by atoms with Gasteiger partial charge in [0.25, 0.3) is 5.91 Å². The Kier molecular flexibility index (Phi) is 6.64. The molecule has 35 heavy (non-hydrogen) atoms. The normalized spacial score (nSPS) is 26.2. The molecular formula is C22H33N5O6S2. The zero-order chi connectivity index (χ0) is 25.9. The molecule has 0 bridgehead atoms. The molecule has 1 saturated carbocycles. The first-order chi connectivity index (χ1) is 16.2. The molecule has 3 heterocycles. The first-order valence-corrected chi connectivity index (χ1v) is 13.9. The van der Waals surface area contributed by atoms with Crippen molar-refractivity contribution in [2.45, 2.75) is 70.7 Å². The van der Waals surface area contributed by atoms with Gasteiger partial charge in [-0.1, -0.05) is 0 Å². The fourth-order valence-electron chi connectivity index (χ4n) is 4.98.